The Hall–Kier alpha value is -1.14. The topological polar surface area (TPSA) is 95.9 Å². The number of carboxylic acids is 1. The van der Waals surface area contributed by atoms with Crippen molar-refractivity contribution in [3.63, 3.8) is 0 Å². The van der Waals surface area contributed by atoms with Crippen LogP contribution < -0.4 is 5.32 Å². The van der Waals surface area contributed by atoms with Gasteiger partial charge in [0.1, 0.15) is 0 Å². The number of carbonyl (C=O) groups is 2. The molecule has 0 saturated carbocycles. The number of carboxylic acid groups (broad SMARTS) is 1. The van der Waals surface area contributed by atoms with Gasteiger partial charge in [-0.1, -0.05) is 0 Å². The van der Waals surface area contributed by atoms with Crippen LogP contribution in [-0.4, -0.2) is 49.0 Å². The minimum Gasteiger partial charge on any atom is -0.481 e. The second-order valence-corrected chi connectivity index (χ2v) is 4.27. The van der Waals surface area contributed by atoms with Crippen molar-refractivity contribution in [2.24, 2.45) is 11.8 Å². The van der Waals surface area contributed by atoms with Gasteiger partial charge in [-0.25, -0.2) is 0 Å². The van der Waals surface area contributed by atoms with E-state index in [1.165, 1.54) is 7.11 Å². The number of hydrogen-bond donors (Lipinski definition) is 3. The highest BCUT2D eigenvalue weighted by molar-refractivity contribution is 5.73. The van der Waals surface area contributed by atoms with Gasteiger partial charge in [0, 0.05) is 20.1 Å². The summed E-state index contributed by atoms with van der Waals surface area (Å²) in [6.45, 7) is 2.96. The third kappa shape index (κ3) is 7.24. The lowest BCUT2D eigenvalue weighted by atomic mass is 9.83. The molecule has 0 aliphatic carbocycles. The first-order valence-corrected chi connectivity index (χ1v) is 6.11. The zero-order valence-electron chi connectivity index (χ0n) is 11.0. The quantitative estimate of drug-likeness (QED) is 0.628. The summed E-state index contributed by atoms with van der Waals surface area (Å²) in [7, 11) is 1.43. The molecular formula is C12H23NO5. The number of aliphatic carboxylic acids is 1. The number of carbonyl (C=O) groups excluding carboxylic acids is 1. The number of methoxy groups -OCH3 is 1. The maximum absolute atomic E-state index is 11.4. The summed E-state index contributed by atoms with van der Waals surface area (Å²) in [5.74, 6) is -0.615. The van der Waals surface area contributed by atoms with Gasteiger partial charge in [-0.3, -0.25) is 9.59 Å². The van der Waals surface area contributed by atoms with Gasteiger partial charge in [-0.15, -0.1) is 0 Å². The van der Waals surface area contributed by atoms with Crippen LogP contribution in [0, 0.1) is 11.8 Å². The third-order valence-electron chi connectivity index (χ3n) is 2.86. The van der Waals surface area contributed by atoms with E-state index in [4.69, 9.17) is 19.7 Å². The van der Waals surface area contributed by atoms with E-state index < -0.39 is 5.97 Å². The summed E-state index contributed by atoms with van der Waals surface area (Å²) in [5.41, 5.74) is 0. The molecule has 1 saturated heterocycles. The van der Waals surface area contributed by atoms with Gasteiger partial charge < -0.3 is 20.3 Å². The molecule has 0 aromatic heterocycles. The Balaban J connectivity index is 0.000000631. The number of aliphatic hydroxyl groups excluding tert-OH is 1. The van der Waals surface area contributed by atoms with Crippen molar-refractivity contribution in [2.75, 3.05) is 26.8 Å². The molecule has 6 heteroatoms. The Morgan fingerprint density at radius 3 is 2.56 bits per heavy atom. The van der Waals surface area contributed by atoms with E-state index in [1.807, 2.05) is 0 Å². The van der Waals surface area contributed by atoms with Gasteiger partial charge in [0.25, 0.3) is 5.97 Å². The van der Waals surface area contributed by atoms with E-state index >= 15 is 0 Å². The lowest BCUT2D eigenvalue weighted by Gasteiger charge is -2.30. The molecule has 0 bridgehead atoms. The van der Waals surface area contributed by atoms with Crippen molar-refractivity contribution in [3.05, 3.63) is 0 Å². The predicted molar refractivity (Wildman–Crippen MR) is 66.1 cm³/mol. The zero-order valence-corrected chi connectivity index (χ0v) is 11.0. The average Bonchev–Trinajstić information content (AvgIpc) is 2.35. The van der Waals surface area contributed by atoms with Crippen molar-refractivity contribution >= 4 is 11.9 Å². The second-order valence-electron chi connectivity index (χ2n) is 4.27. The molecule has 18 heavy (non-hydrogen) atoms. The lowest BCUT2D eigenvalue weighted by molar-refractivity contribution is -0.148. The van der Waals surface area contributed by atoms with Crippen molar-refractivity contribution < 1.29 is 24.5 Å². The molecule has 0 amide bonds. The van der Waals surface area contributed by atoms with Gasteiger partial charge in [-0.2, -0.15) is 0 Å². The first-order chi connectivity index (χ1) is 8.52. The fraction of sp³-hybridized carbons (Fsp3) is 0.833. The van der Waals surface area contributed by atoms with E-state index in [9.17, 15) is 4.79 Å². The van der Waals surface area contributed by atoms with E-state index in [0.717, 1.165) is 32.7 Å². The van der Waals surface area contributed by atoms with Crippen molar-refractivity contribution in [2.45, 2.75) is 26.2 Å². The highest BCUT2D eigenvalue weighted by Gasteiger charge is 2.30. The summed E-state index contributed by atoms with van der Waals surface area (Å²) >= 11 is 0. The van der Waals surface area contributed by atoms with E-state index in [1.54, 1.807) is 0 Å². The van der Waals surface area contributed by atoms with Crippen LogP contribution in [0.4, 0.5) is 0 Å². The van der Waals surface area contributed by atoms with Crippen molar-refractivity contribution in [1.82, 2.24) is 5.32 Å². The summed E-state index contributed by atoms with van der Waals surface area (Å²) in [6, 6.07) is 0. The van der Waals surface area contributed by atoms with Crippen molar-refractivity contribution in [3.8, 4) is 0 Å². The maximum atomic E-state index is 11.4. The van der Waals surface area contributed by atoms with Crippen LogP contribution in [0.2, 0.25) is 0 Å². The molecule has 3 N–H and O–H groups in total. The molecule has 1 fully saturated rings. The molecule has 1 rings (SSSR count). The fourth-order valence-corrected chi connectivity index (χ4v) is 2.04. The number of esters is 1. The Bertz CT molecular complexity index is 253. The minimum atomic E-state index is -0.833. The minimum absolute atomic E-state index is 0.0275. The van der Waals surface area contributed by atoms with Gasteiger partial charge in [0.2, 0.25) is 0 Å². The van der Waals surface area contributed by atoms with Crippen LogP contribution in [0.15, 0.2) is 0 Å². The number of hydrogen-bond acceptors (Lipinski definition) is 5. The summed E-state index contributed by atoms with van der Waals surface area (Å²) in [4.78, 5) is 20.4. The normalized spacial score (nSPS) is 22.6. The number of piperidine rings is 1. The molecule has 0 radical (unpaired) electrons. The average molecular weight is 261 g/mol. The maximum Gasteiger partial charge on any atom is 0.310 e. The van der Waals surface area contributed by atoms with E-state index in [0.29, 0.717) is 12.5 Å². The summed E-state index contributed by atoms with van der Waals surface area (Å²) in [6.07, 6.45) is 2.69. The molecule has 2 atom stereocenters. The second kappa shape index (κ2) is 9.85. The Labute approximate surface area is 107 Å². The number of nitrogens with one attached hydrogen (secondary N) is 1. The van der Waals surface area contributed by atoms with Gasteiger partial charge in [0.05, 0.1) is 13.0 Å². The number of ether oxygens (including phenoxy) is 1. The Morgan fingerprint density at radius 1 is 1.44 bits per heavy atom. The van der Waals surface area contributed by atoms with Gasteiger partial charge in [-0.05, 0) is 31.7 Å². The van der Waals surface area contributed by atoms with Crippen molar-refractivity contribution in [1.29, 1.82) is 0 Å². The number of aliphatic hydroxyl groups is 1. The molecule has 0 aromatic rings. The largest absolute Gasteiger partial charge is 0.481 e. The molecular weight excluding hydrogens is 238 g/mol. The highest BCUT2D eigenvalue weighted by Crippen LogP contribution is 2.24. The zero-order chi connectivity index (χ0) is 14.0. The Morgan fingerprint density at radius 2 is 2.06 bits per heavy atom. The van der Waals surface area contributed by atoms with Crippen LogP contribution in [0.25, 0.3) is 0 Å². The standard InChI is InChI=1S/C10H19NO3.C2H4O2/c1-14-10(13)9-7-11-5-4-8(9)3-2-6-12;1-2(3)4/h8-9,11-12H,2-7H2,1H3;1H3,(H,3,4). The van der Waals surface area contributed by atoms with Crippen LogP contribution in [0.3, 0.4) is 0 Å². The van der Waals surface area contributed by atoms with E-state index in [2.05, 4.69) is 5.32 Å². The lowest BCUT2D eigenvalue weighted by Crippen LogP contribution is -2.41. The van der Waals surface area contributed by atoms with Crippen LogP contribution in [-0.2, 0) is 14.3 Å². The SMILES string of the molecule is CC(=O)O.COC(=O)C1CNCCC1CCCO. The monoisotopic (exact) mass is 261 g/mol. The molecule has 6 nitrogen and oxygen atoms in total. The van der Waals surface area contributed by atoms with Gasteiger partial charge in [0.15, 0.2) is 0 Å². The van der Waals surface area contributed by atoms with E-state index in [-0.39, 0.29) is 18.5 Å². The molecule has 0 spiro atoms. The molecule has 1 aliphatic rings. The first-order valence-electron chi connectivity index (χ1n) is 6.11. The van der Waals surface area contributed by atoms with Crippen LogP contribution >= 0.6 is 0 Å². The predicted octanol–water partition coefficient (Wildman–Crippen LogP) is 0.249. The summed E-state index contributed by atoms with van der Waals surface area (Å²) < 4.78 is 4.76. The van der Waals surface area contributed by atoms with Crippen LogP contribution in [0.5, 0.6) is 0 Å². The fourth-order valence-electron chi connectivity index (χ4n) is 2.04. The number of rotatable bonds is 4. The molecule has 1 heterocycles. The van der Waals surface area contributed by atoms with Crippen LogP contribution in [0.1, 0.15) is 26.2 Å². The molecule has 1 aliphatic heterocycles. The van der Waals surface area contributed by atoms with Gasteiger partial charge >= 0.3 is 5.97 Å². The smallest absolute Gasteiger partial charge is 0.310 e. The Kier molecular flexibility index (Phi) is 9.22. The molecule has 2 unspecified atom stereocenters. The molecule has 0 aromatic carbocycles. The first kappa shape index (κ1) is 16.9. The summed E-state index contributed by atoms with van der Waals surface area (Å²) in [5, 5.41) is 19.4. The molecule has 106 valence electrons. The highest BCUT2D eigenvalue weighted by atomic mass is 16.5. The third-order valence-corrected chi connectivity index (χ3v) is 2.86.